The molecule has 1 aromatic rings. The number of hydrogen-bond donors (Lipinski definition) is 1. The van der Waals surface area contributed by atoms with Gasteiger partial charge in [-0.25, -0.2) is 4.98 Å². The fourth-order valence-corrected chi connectivity index (χ4v) is 1.92. The summed E-state index contributed by atoms with van der Waals surface area (Å²) < 4.78 is 5.04. The molecule has 1 aromatic heterocycles. The van der Waals surface area contributed by atoms with Crippen LogP contribution in [0.4, 0.5) is 5.13 Å². The van der Waals surface area contributed by atoms with Crippen LogP contribution in [-0.2, 0) is 11.3 Å². The number of thiazole rings is 1. The van der Waals surface area contributed by atoms with Gasteiger partial charge in [-0.1, -0.05) is 11.3 Å². The maximum absolute atomic E-state index is 5.04. The zero-order valence-corrected chi connectivity index (χ0v) is 8.49. The van der Waals surface area contributed by atoms with E-state index in [1.807, 2.05) is 6.92 Å². The third kappa shape index (κ3) is 2.19. The molecule has 68 valence electrons. The SMILES string of the molecule is CCNc1nc(C)c(COC)s1. The van der Waals surface area contributed by atoms with Crippen molar-refractivity contribution in [2.75, 3.05) is 19.0 Å². The Kier molecular flexibility index (Phi) is 3.49. The van der Waals surface area contributed by atoms with Crippen molar-refractivity contribution in [1.82, 2.24) is 4.98 Å². The normalized spacial score (nSPS) is 10.2. The first kappa shape index (κ1) is 9.48. The third-order valence-electron chi connectivity index (χ3n) is 1.50. The molecule has 3 nitrogen and oxygen atoms in total. The number of hydrogen-bond acceptors (Lipinski definition) is 4. The lowest BCUT2D eigenvalue weighted by Gasteiger charge is -1.93. The van der Waals surface area contributed by atoms with Crippen LogP contribution in [0.3, 0.4) is 0 Å². The molecule has 0 fully saturated rings. The minimum atomic E-state index is 0.662. The van der Waals surface area contributed by atoms with E-state index in [1.54, 1.807) is 18.4 Å². The Balaban J connectivity index is 2.70. The van der Waals surface area contributed by atoms with E-state index in [9.17, 15) is 0 Å². The predicted octanol–water partition coefficient (Wildman–Crippen LogP) is 2.03. The number of aromatic nitrogens is 1. The number of methoxy groups -OCH3 is 1. The highest BCUT2D eigenvalue weighted by Gasteiger charge is 2.05. The summed E-state index contributed by atoms with van der Waals surface area (Å²) in [4.78, 5) is 5.55. The lowest BCUT2D eigenvalue weighted by atomic mass is 10.4. The van der Waals surface area contributed by atoms with E-state index >= 15 is 0 Å². The fraction of sp³-hybridized carbons (Fsp3) is 0.625. The van der Waals surface area contributed by atoms with E-state index < -0.39 is 0 Å². The molecule has 0 atom stereocenters. The first-order chi connectivity index (χ1) is 5.77. The van der Waals surface area contributed by atoms with Gasteiger partial charge in [0.05, 0.1) is 17.2 Å². The summed E-state index contributed by atoms with van der Waals surface area (Å²) in [5.74, 6) is 0. The summed E-state index contributed by atoms with van der Waals surface area (Å²) in [5, 5.41) is 4.17. The highest BCUT2D eigenvalue weighted by atomic mass is 32.1. The fourth-order valence-electron chi connectivity index (χ4n) is 0.920. The van der Waals surface area contributed by atoms with Gasteiger partial charge in [0.15, 0.2) is 5.13 Å². The number of rotatable bonds is 4. The summed E-state index contributed by atoms with van der Waals surface area (Å²) in [6.07, 6.45) is 0. The third-order valence-corrected chi connectivity index (χ3v) is 2.58. The summed E-state index contributed by atoms with van der Waals surface area (Å²) >= 11 is 1.66. The van der Waals surface area contributed by atoms with Crippen molar-refractivity contribution in [3.63, 3.8) is 0 Å². The van der Waals surface area contributed by atoms with Gasteiger partial charge in [-0.2, -0.15) is 0 Å². The Labute approximate surface area is 76.8 Å². The average molecular weight is 186 g/mol. The van der Waals surface area contributed by atoms with E-state index in [1.165, 1.54) is 4.88 Å². The average Bonchev–Trinajstić information content (AvgIpc) is 2.34. The lowest BCUT2D eigenvalue weighted by Crippen LogP contribution is -1.94. The van der Waals surface area contributed by atoms with Crippen molar-refractivity contribution >= 4 is 16.5 Å². The maximum atomic E-state index is 5.04. The molecule has 0 aromatic carbocycles. The van der Waals surface area contributed by atoms with Crippen LogP contribution in [0.2, 0.25) is 0 Å². The second-order valence-corrected chi connectivity index (χ2v) is 3.57. The van der Waals surface area contributed by atoms with E-state index in [0.717, 1.165) is 17.4 Å². The zero-order chi connectivity index (χ0) is 8.97. The highest BCUT2D eigenvalue weighted by Crippen LogP contribution is 2.22. The molecule has 0 aliphatic carbocycles. The molecule has 0 saturated carbocycles. The first-order valence-electron chi connectivity index (χ1n) is 3.97. The minimum absolute atomic E-state index is 0.662. The molecule has 4 heteroatoms. The molecular formula is C8H14N2OS. The standard InChI is InChI=1S/C8H14N2OS/c1-4-9-8-10-6(2)7(12-8)5-11-3/h4-5H2,1-3H3,(H,9,10). The van der Waals surface area contributed by atoms with Crippen LogP contribution in [-0.4, -0.2) is 18.6 Å². The second-order valence-electron chi connectivity index (χ2n) is 2.49. The monoisotopic (exact) mass is 186 g/mol. The Hall–Kier alpha value is -0.610. The number of aryl methyl sites for hydroxylation is 1. The van der Waals surface area contributed by atoms with Crippen molar-refractivity contribution in [3.05, 3.63) is 10.6 Å². The molecule has 0 unspecified atom stereocenters. The van der Waals surface area contributed by atoms with Crippen LogP contribution in [0.5, 0.6) is 0 Å². The van der Waals surface area contributed by atoms with Crippen LogP contribution in [0.25, 0.3) is 0 Å². The molecular weight excluding hydrogens is 172 g/mol. The Morgan fingerprint density at radius 2 is 2.33 bits per heavy atom. The summed E-state index contributed by atoms with van der Waals surface area (Å²) in [7, 11) is 1.70. The summed E-state index contributed by atoms with van der Waals surface area (Å²) in [5.41, 5.74) is 1.07. The Morgan fingerprint density at radius 3 is 2.92 bits per heavy atom. The Bertz CT molecular complexity index is 247. The maximum Gasteiger partial charge on any atom is 0.183 e. The van der Waals surface area contributed by atoms with Gasteiger partial charge in [-0.3, -0.25) is 0 Å². The van der Waals surface area contributed by atoms with Gasteiger partial charge >= 0.3 is 0 Å². The van der Waals surface area contributed by atoms with Crippen LogP contribution >= 0.6 is 11.3 Å². The van der Waals surface area contributed by atoms with Crippen LogP contribution < -0.4 is 5.32 Å². The molecule has 0 radical (unpaired) electrons. The summed E-state index contributed by atoms with van der Waals surface area (Å²) in [6.45, 7) is 5.65. The van der Waals surface area contributed by atoms with E-state index in [4.69, 9.17) is 4.74 Å². The topological polar surface area (TPSA) is 34.2 Å². The van der Waals surface area contributed by atoms with Gasteiger partial charge in [-0.05, 0) is 13.8 Å². The van der Waals surface area contributed by atoms with E-state index in [2.05, 4.69) is 17.2 Å². The number of nitrogens with one attached hydrogen (secondary N) is 1. The van der Waals surface area contributed by atoms with Crippen LogP contribution in [0.1, 0.15) is 17.5 Å². The van der Waals surface area contributed by atoms with E-state index in [0.29, 0.717) is 6.61 Å². The van der Waals surface area contributed by atoms with Crippen molar-refractivity contribution in [1.29, 1.82) is 0 Å². The van der Waals surface area contributed by atoms with Gasteiger partial charge in [0.1, 0.15) is 0 Å². The Morgan fingerprint density at radius 1 is 1.58 bits per heavy atom. The minimum Gasteiger partial charge on any atom is -0.379 e. The predicted molar refractivity (Wildman–Crippen MR) is 51.7 cm³/mol. The largest absolute Gasteiger partial charge is 0.379 e. The molecule has 1 N–H and O–H groups in total. The summed E-state index contributed by atoms with van der Waals surface area (Å²) in [6, 6.07) is 0. The van der Waals surface area contributed by atoms with Crippen molar-refractivity contribution in [3.8, 4) is 0 Å². The second kappa shape index (κ2) is 4.42. The van der Waals surface area contributed by atoms with Crippen molar-refractivity contribution in [2.45, 2.75) is 20.5 Å². The smallest absolute Gasteiger partial charge is 0.183 e. The quantitative estimate of drug-likeness (QED) is 0.781. The van der Waals surface area contributed by atoms with Crippen LogP contribution in [0.15, 0.2) is 0 Å². The molecule has 0 aliphatic rings. The molecule has 1 heterocycles. The van der Waals surface area contributed by atoms with Gasteiger partial charge < -0.3 is 10.1 Å². The molecule has 1 rings (SSSR count). The number of nitrogens with zero attached hydrogens (tertiary/aromatic N) is 1. The van der Waals surface area contributed by atoms with Crippen LogP contribution in [0, 0.1) is 6.92 Å². The van der Waals surface area contributed by atoms with Crippen molar-refractivity contribution in [2.24, 2.45) is 0 Å². The molecule has 0 bridgehead atoms. The molecule has 0 aliphatic heterocycles. The molecule has 0 saturated heterocycles. The van der Waals surface area contributed by atoms with Gasteiger partial charge in [0.25, 0.3) is 0 Å². The molecule has 0 amide bonds. The first-order valence-corrected chi connectivity index (χ1v) is 4.78. The lowest BCUT2D eigenvalue weighted by molar-refractivity contribution is 0.187. The number of ether oxygens (including phenoxy) is 1. The molecule has 0 spiro atoms. The van der Waals surface area contributed by atoms with E-state index in [-0.39, 0.29) is 0 Å². The highest BCUT2D eigenvalue weighted by molar-refractivity contribution is 7.15. The van der Waals surface area contributed by atoms with Gasteiger partial charge in [0, 0.05) is 13.7 Å². The van der Waals surface area contributed by atoms with Crippen molar-refractivity contribution < 1.29 is 4.74 Å². The zero-order valence-electron chi connectivity index (χ0n) is 7.68. The van der Waals surface area contributed by atoms with Gasteiger partial charge in [0.2, 0.25) is 0 Å². The van der Waals surface area contributed by atoms with Gasteiger partial charge in [-0.15, -0.1) is 0 Å². The number of anilines is 1. The molecule has 12 heavy (non-hydrogen) atoms.